The molecule has 0 saturated heterocycles. The standard InChI is InChI=1S/C12H20N4O2/c1-12(2,3)18-11(17)16-6-5-9-8(7-16)10(13)14-15(9)4/h5-7H2,1-4H3,(H2,13,14). The van der Waals surface area contributed by atoms with E-state index in [2.05, 4.69) is 5.10 Å². The molecule has 0 atom stereocenters. The monoisotopic (exact) mass is 252 g/mol. The number of fused-ring (bicyclic) bond motifs is 1. The fourth-order valence-corrected chi connectivity index (χ4v) is 2.10. The predicted octanol–water partition coefficient (Wildman–Crippen LogP) is 1.30. The molecule has 0 saturated carbocycles. The minimum atomic E-state index is -0.474. The second-order valence-corrected chi connectivity index (χ2v) is 5.59. The summed E-state index contributed by atoms with van der Waals surface area (Å²) in [4.78, 5) is 13.6. The highest BCUT2D eigenvalue weighted by Gasteiger charge is 2.28. The second-order valence-electron chi connectivity index (χ2n) is 5.59. The Labute approximate surface area is 107 Å². The van der Waals surface area contributed by atoms with E-state index < -0.39 is 5.60 Å². The molecular formula is C12H20N4O2. The smallest absolute Gasteiger partial charge is 0.410 e. The summed E-state index contributed by atoms with van der Waals surface area (Å²) in [5.74, 6) is 0.501. The molecule has 1 amide bonds. The maximum atomic E-state index is 12.0. The Hall–Kier alpha value is -1.72. The SMILES string of the molecule is Cn1nc(N)c2c1CCN(C(=O)OC(C)(C)C)C2. The van der Waals surface area contributed by atoms with E-state index in [-0.39, 0.29) is 6.09 Å². The third-order valence-electron chi connectivity index (χ3n) is 2.93. The highest BCUT2D eigenvalue weighted by molar-refractivity contribution is 5.69. The Morgan fingerprint density at radius 3 is 2.72 bits per heavy atom. The maximum absolute atomic E-state index is 12.0. The van der Waals surface area contributed by atoms with Gasteiger partial charge in [0.25, 0.3) is 0 Å². The van der Waals surface area contributed by atoms with Gasteiger partial charge in [-0.1, -0.05) is 0 Å². The highest BCUT2D eigenvalue weighted by Crippen LogP contribution is 2.24. The summed E-state index contributed by atoms with van der Waals surface area (Å²) in [7, 11) is 1.87. The summed E-state index contributed by atoms with van der Waals surface area (Å²) in [6.07, 6.45) is 0.464. The molecule has 0 fully saturated rings. The highest BCUT2D eigenvalue weighted by atomic mass is 16.6. The van der Waals surface area contributed by atoms with Crippen molar-refractivity contribution in [3.63, 3.8) is 0 Å². The number of nitrogens with two attached hydrogens (primary N) is 1. The predicted molar refractivity (Wildman–Crippen MR) is 68.0 cm³/mol. The third-order valence-corrected chi connectivity index (χ3v) is 2.93. The van der Waals surface area contributed by atoms with Gasteiger partial charge in [-0.25, -0.2) is 4.79 Å². The van der Waals surface area contributed by atoms with Crippen LogP contribution in [0.1, 0.15) is 32.0 Å². The number of rotatable bonds is 0. The van der Waals surface area contributed by atoms with Crippen LogP contribution in [0, 0.1) is 0 Å². The van der Waals surface area contributed by atoms with Gasteiger partial charge < -0.3 is 15.4 Å². The molecule has 0 spiro atoms. The van der Waals surface area contributed by atoms with Crippen molar-refractivity contribution in [2.24, 2.45) is 7.05 Å². The van der Waals surface area contributed by atoms with Crippen molar-refractivity contribution in [1.82, 2.24) is 14.7 Å². The summed E-state index contributed by atoms with van der Waals surface area (Å²) >= 11 is 0. The van der Waals surface area contributed by atoms with Crippen LogP contribution in [0.2, 0.25) is 0 Å². The van der Waals surface area contributed by atoms with E-state index in [1.165, 1.54) is 0 Å². The quantitative estimate of drug-likeness (QED) is 0.755. The van der Waals surface area contributed by atoms with Gasteiger partial charge in [0, 0.05) is 31.3 Å². The number of anilines is 1. The maximum Gasteiger partial charge on any atom is 0.410 e. The fraction of sp³-hybridized carbons (Fsp3) is 0.667. The van der Waals surface area contributed by atoms with Crippen LogP contribution in [0.3, 0.4) is 0 Å². The van der Waals surface area contributed by atoms with Gasteiger partial charge in [-0.15, -0.1) is 0 Å². The molecule has 0 unspecified atom stereocenters. The molecule has 1 aromatic heterocycles. The first kappa shape index (κ1) is 12.7. The summed E-state index contributed by atoms with van der Waals surface area (Å²) in [6, 6.07) is 0. The normalized spacial score (nSPS) is 15.4. The van der Waals surface area contributed by atoms with Crippen LogP contribution in [0.25, 0.3) is 0 Å². The number of amides is 1. The van der Waals surface area contributed by atoms with E-state index in [9.17, 15) is 4.79 Å². The van der Waals surface area contributed by atoms with Gasteiger partial charge in [0.1, 0.15) is 5.60 Å². The van der Waals surface area contributed by atoms with Crippen LogP contribution in [-0.4, -0.2) is 32.9 Å². The molecule has 2 N–H and O–H groups in total. The Kier molecular flexibility index (Phi) is 2.96. The Balaban J connectivity index is 2.12. The molecular weight excluding hydrogens is 232 g/mol. The lowest BCUT2D eigenvalue weighted by Crippen LogP contribution is -2.40. The van der Waals surface area contributed by atoms with Crippen LogP contribution in [0.15, 0.2) is 0 Å². The van der Waals surface area contributed by atoms with Gasteiger partial charge in [-0.3, -0.25) is 4.68 Å². The lowest BCUT2D eigenvalue weighted by molar-refractivity contribution is 0.0223. The van der Waals surface area contributed by atoms with Gasteiger partial charge in [0.05, 0.1) is 6.54 Å². The molecule has 1 aromatic rings. The van der Waals surface area contributed by atoms with Crippen molar-refractivity contribution >= 4 is 11.9 Å². The van der Waals surface area contributed by atoms with E-state index in [1.807, 2.05) is 27.8 Å². The summed E-state index contributed by atoms with van der Waals surface area (Å²) in [5, 5.41) is 4.18. The van der Waals surface area contributed by atoms with Crippen LogP contribution < -0.4 is 5.73 Å². The van der Waals surface area contributed by atoms with Crippen molar-refractivity contribution in [1.29, 1.82) is 0 Å². The molecule has 6 nitrogen and oxygen atoms in total. The number of carbonyl (C=O) groups excluding carboxylic acids is 1. The van der Waals surface area contributed by atoms with Gasteiger partial charge in [0.2, 0.25) is 0 Å². The Bertz CT molecular complexity index is 473. The number of nitrogens with zero attached hydrogens (tertiary/aromatic N) is 3. The zero-order chi connectivity index (χ0) is 13.5. The van der Waals surface area contributed by atoms with Crippen LogP contribution >= 0.6 is 0 Å². The second kappa shape index (κ2) is 4.19. The number of hydrogen-bond acceptors (Lipinski definition) is 4. The number of aryl methyl sites for hydroxylation is 1. The summed E-state index contributed by atoms with van der Waals surface area (Å²) in [6.45, 7) is 6.70. The minimum Gasteiger partial charge on any atom is -0.444 e. The van der Waals surface area contributed by atoms with Crippen molar-refractivity contribution in [3.05, 3.63) is 11.3 Å². The molecule has 0 aromatic carbocycles. The average molecular weight is 252 g/mol. The van der Waals surface area contributed by atoms with Crippen molar-refractivity contribution in [2.75, 3.05) is 12.3 Å². The van der Waals surface area contributed by atoms with E-state index in [4.69, 9.17) is 10.5 Å². The molecule has 6 heteroatoms. The number of ether oxygens (including phenoxy) is 1. The molecule has 100 valence electrons. The topological polar surface area (TPSA) is 73.4 Å². The van der Waals surface area contributed by atoms with Crippen LogP contribution in [-0.2, 0) is 24.8 Å². The number of hydrogen-bond donors (Lipinski definition) is 1. The zero-order valence-corrected chi connectivity index (χ0v) is 11.4. The lowest BCUT2D eigenvalue weighted by atomic mass is 10.1. The number of carbonyl (C=O) groups is 1. The molecule has 2 rings (SSSR count). The van der Waals surface area contributed by atoms with Crippen LogP contribution in [0.5, 0.6) is 0 Å². The lowest BCUT2D eigenvalue weighted by Gasteiger charge is -2.30. The van der Waals surface area contributed by atoms with Gasteiger partial charge in [0.15, 0.2) is 5.82 Å². The van der Waals surface area contributed by atoms with Gasteiger partial charge >= 0.3 is 6.09 Å². The Morgan fingerprint density at radius 2 is 2.11 bits per heavy atom. The zero-order valence-electron chi connectivity index (χ0n) is 11.4. The van der Waals surface area contributed by atoms with Crippen molar-refractivity contribution in [2.45, 2.75) is 39.3 Å². The van der Waals surface area contributed by atoms with Crippen molar-refractivity contribution in [3.8, 4) is 0 Å². The Morgan fingerprint density at radius 1 is 1.44 bits per heavy atom. The van der Waals surface area contributed by atoms with Gasteiger partial charge in [-0.2, -0.15) is 5.10 Å². The molecule has 18 heavy (non-hydrogen) atoms. The van der Waals surface area contributed by atoms with Gasteiger partial charge in [-0.05, 0) is 20.8 Å². The van der Waals surface area contributed by atoms with E-state index in [0.29, 0.717) is 18.9 Å². The fourth-order valence-electron chi connectivity index (χ4n) is 2.10. The molecule has 2 heterocycles. The van der Waals surface area contributed by atoms with Crippen LogP contribution in [0.4, 0.5) is 10.6 Å². The number of nitrogen functional groups attached to an aromatic ring is 1. The molecule has 1 aliphatic rings. The van der Waals surface area contributed by atoms with E-state index in [1.54, 1.807) is 9.58 Å². The first-order valence-electron chi connectivity index (χ1n) is 6.06. The summed E-state index contributed by atoms with van der Waals surface area (Å²) in [5.41, 5.74) is 7.41. The minimum absolute atomic E-state index is 0.295. The molecule has 0 radical (unpaired) electrons. The summed E-state index contributed by atoms with van der Waals surface area (Å²) < 4.78 is 7.15. The third kappa shape index (κ3) is 2.42. The first-order chi connectivity index (χ1) is 8.28. The first-order valence-corrected chi connectivity index (χ1v) is 6.06. The average Bonchev–Trinajstić information content (AvgIpc) is 2.52. The molecule has 1 aliphatic heterocycles. The molecule has 0 bridgehead atoms. The largest absolute Gasteiger partial charge is 0.444 e. The number of aromatic nitrogens is 2. The van der Waals surface area contributed by atoms with E-state index >= 15 is 0 Å². The van der Waals surface area contributed by atoms with Crippen molar-refractivity contribution < 1.29 is 9.53 Å². The molecule has 0 aliphatic carbocycles. The van der Waals surface area contributed by atoms with E-state index in [0.717, 1.165) is 17.7 Å².